The SMILES string of the molecule is CCOC(=O)CN(c1ccc(Cl)cc1)S(=O)(=O)c1ccc(OC)c(F)c1. The number of benzene rings is 2. The van der Waals surface area contributed by atoms with Gasteiger partial charge in [-0.15, -0.1) is 0 Å². The number of anilines is 1. The van der Waals surface area contributed by atoms with Crippen molar-refractivity contribution in [2.45, 2.75) is 11.8 Å². The molecule has 0 amide bonds. The Balaban J connectivity index is 2.49. The van der Waals surface area contributed by atoms with Gasteiger partial charge >= 0.3 is 5.97 Å². The summed E-state index contributed by atoms with van der Waals surface area (Å²) in [4.78, 5) is 11.6. The summed E-state index contributed by atoms with van der Waals surface area (Å²) in [5.41, 5.74) is 0.193. The van der Waals surface area contributed by atoms with Gasteiger partial charge in [0.2, 0.25) is 0 Å². The van der Waals surface area contributed by atoms with Crippen LogP contribution in [0.15, 0.2) is 47.4 Å². The van der Waals surface area contributed by atoms with Gasteiger partial charge in [0.05, 0.1) is 24.3 Å². The fourth-order valence-electron chi connectivity index (χ4n) is 2.18. The summed E-state index contributed by atoms with van der Waals surface area (Å²) in [6.07, 6.45) is 0. The zero-order valence-electron chi connectivity index (χ0n) is 14.1. The van der Waals surface area contributed by atoms with Crippen LogP contribution in [0.1, 0.15) is 6.92 Å². The van der Waals surface area contributed by atoms with Gasteiger partial charge in [-0.05, 0) is 49.4 Å². The average Bonchev–Trinajstić information content (AvgIpc) is 2.60. The standard InChI is InChI=1S/C17H17ClFNO5S/c1-3-25-17(21)11-20(13-6-4-12(18)5-7-13)26(22,23)14-8-9-16(24-2)15(19)10-14/h4-10H,3,11H2,1-2H3. The molecule has 0 saturated carbocycles. The van der Waals surface area contributed by atoms with E-state index in [0.29, 0.717) is 5.02 Å². The van der Waals surface area contributed by atoms with E-state index >= 15 is 0 Å². The van der Waals surface area contributed by atoms with Crippen molar-refractivity contribution in [2.24, 2.45) is 0 Å². The molecule has 2 aromatic rings. The van der Waals surface area contributed by atoms with Crippen LogP contribution in [-0.2, 0) is 19.6 Å². The number of esters is 1. The molecule has 0 heterocycles. The van der Waals surface area contributed by atoms with Gasteiger partial charge < -0.3 is 9.47 Å². The summed E-state index contributed by atoms with van der Waals surface area (Å²) in [6, 6.07) is 9.09. The van der Waals surface area contributed by atoms with E-state index in [1.54, 1.807) is 6.92 Å². The van der Waals surface area contributed by atoms with Gasteiger partial charge in [-0.2, -0.15) is 0 Å². The van der Waals surface area contributed by atoms with E-state index in [1.807, 2.05) is 0 Å². The highest BCUT2D eigenvalue weighted by Crippen LogP contribution is 2.27. The molecule has 0 atom stereocenters. The number of nitrogens with zero attached hydrogens (tertiary/aromatic N) is 1. The third kappa shape index (κ3) is 4.44. The third-order valence-corrected chi connectivity index (χ3v) is 5.43. The zero-order valence-corrected chi connectivity index (χ0v) is 15.7. The predicted octanol–water partition coefficient (Wildman–Crippen LogP) is 3.25. The Labute approximate surface area is 156 Å². The normalized spacial score (nSPS) is 11.1. The van der Waals surface area contributed by atoms with Crippen molar-refractivity contribution in [3.05, 3.63) is 53.3 Å². The molecular weight excluding hydrogens is 385 g/mol. The molecule has 0 aliphatic rings. The van der Waals surface area contributed by atoms with Gasteiger partial charge in [0, 0.05) is 5.02 Å². The smallest absolute Gasteiger partial charge is 0.326 e. The number of hydrogen-bond donors (Lipinski definition) is 0. The van der Waals surface area contributed by atoms with E-state index in [1.165, 1.54) is 43.5 Å². The summed E-state index contributed by atoms with van der Waals surface area (Å²) < 4.78 is 50.4. The fourth-order valence-corrected chi connectivity index (χ4v) is 3.73. The van der Waals surface area contributed by atoms with E-state index in [2.05, 4.69) is 0 Å². The molecule has 0 radical (unpaired) electrons. The first-order valence-corrected chi connectivity index (χ1v) is 9.39. The van der Waals surface area contributed by atoms with E-state index in [0.717, 1.165) is 10.4 Å². The maximum Gasteiger partial charge on any atom is 0.326 e. The summed E-state index contributed by atoms with van der Waals surface area (Å²) >= 11 is 5.83. The van der Waals surface area contributed by atoms with Gasteiger partial charge in [0.15, 0.2) is 11.6 Å². The summed E-state index contributed by atoms with van der Waals surface area (Å²) in [6.45, 7) is 1.15. The monoisotopic (exact) mass is 401 g/mol. The van der Waals surface area contributed by atoms with E-state index < -0.39 is 28.4 Å². The van der Waals surface area contributed by atoms with Crippen LogP contribution in [0.25, 0.3) is 0 Å². The maximum atomic E-state index is 14.0. The number of ether oxygens (including phenoxy) is 2. The predicted molar refractivity (Wildman–Crippen MR) is 95.6 cm³/mol. The number of sulfonamides is 1. The quantitative estimate of drug-likeness (QED) is 0.666. The first kappa shape index (κ1) is 20.0. The molecule has 2 aromatic carbocycles. The second-order valence-corrected chi connectivity index (χ2v) is 7.39. The molecule has 0 unspecified atom stereocenters. The lowest BCUT2D eigenvalue weighted by molar-refractivity contribution is -0.141. The molecule has 26 heavy (non-hydrogen) atoms. The molecule has 0 bridgehead atoms. The molecule has 0 aliphatic carbocycles. The van der Waals surface area contributed by atoms with Crippen molar-refractivity contribution in [1.29, 1.82) is 0 Å². The van der Waals surface area contributed by atoms with Crippen LogP contribution in [0.4, 0.5) is 10.1 Å². The number of rotatable bonds is 7. The van der Waals surface area contributed by atoms with E-state index in [4.69, 9.17) is 21.1 Å². The second kappa shape index (κ2) is 8.37. The molecule has 0 spiro atoms. The lowest BCUT2D eigenvalue weighted by atomic mass is 10.3. The molecule has 140 valence electrons. The van der Waals surface area contributed by atoms with Crippen LogP contribution < -0.4 is 9.04 Å². The van der Waals surface area contributed by atoms with Crippen molar-refractivity contribution in [3.8, 4) is 5.75 Å². The fraction of sp³-hybridized carbons (Fsp3) is 0.235. The first-order chi connectivity index (χ1) is 12.3. The molecule has 0 aromatic heterocycles. The lowest BCUT2D eigenvalue weighted by Crippen LogP contribution is -2.36. The Morgan fingerprint density at radius 3 is 2.38 bits per heavy atom. The van der Waals surface area contributed by atoms with Crippen LogP contribution in [0.5, 0.6) is 5.75 Å². The Hall–Kier alpha value is -2.32. The molecule has 0 fully saturated rings. The van der Waals surface area contributed by atoms with Gasteiger partial charge in [-0.3, -0.25) is 9.10 Å². The van der Waals surface area contributed by atoms with Gasteiger partial charge in [-0.1, -0.05) is 11.6 Å². The molecule has 0 saturated heterocycles. The highest BCUT2D eigenvalue weighted by molar-refractivity contribution is 7.92. The molecule has 9 heteroatoms. The summed E-state index contributed by atoms with van der Waals surface area (Å²) in [7, 11) is -2.96. The van der Waals surface area contributed by atoms with Gasteiger partial charge in [0.1, 0.15) is 6.54 Å². The minimum atomic E-state index is -4.23. The van der Waals surface area contributed by atoms with Gasteiger partial charge in [0.25, 0.3) is 10.0 Å². The van der Waals surface area contributed by atoms with Crippen molar-refractivity contribution in [3.63, 3.8) is 0 Å². The highest BCUT2D eigenvalue weighted by Gasteiger charge is 2.28. The van der Waals surface area contributed by atoms with Crippen molar-refractivity contribution in [2.75, 3.05) is 24.6 Å². The topological polar surface area (TPSA) is 72.9 Å². The maximum absolute atomic E-state index is 14.0. The summed E-state index contributed by atoms with van der Waals surface area (Å²) in [5.74, 6) is -1.66. The Bertz CT molecular complexity index is 887. The molecule has 6 nitrogen and oxygen atoms in total. The Kier molecular flexibility index (Phi) is 6.44. The van der Waals surface area contributed by atoms with Crippen LogP contribution in [0.2, 0.25) is 5.02 Å². The number of carbonyl (C=O) groups is 1. The summed E-state index contributed by atoms with van der Waals surface area (Å²) in [5, 5.41) is 0.401. The number of methoxy groups -OCH3 is 1. The molecule has 0 aliphatic heterocycles. The molecule has 0 N–H and O–H groups in total. The van der Waals surface area contributed by atoms with Crippen LogP contribution in [-0.4, -0.2) is 34.6 Å². The zero-order chi connectivity index (χ0) is 19.3. The van der Waals surface area contributed by atoms with Crippen LogP contribution in [0.3, 0.4) is 0 Å². The molecule has 2 rings (SSSR count). The number of hydrogen-bond acceptors (Lipinski definition) is 5. The second-order valence-electron chi connectivity index (χ2n) is 5.09. The van der Waals surface area contributed by atoms with Crippen molar-refractivity contribution in [1.82, 2.24) is 0 Å². The highest BCUT2D eigenvalue weighted by atomic mass is 35.5. The largest absolute Gasteiger partial charge is 0.494 e. The molecular formula is C17H17ClFNO5S. The third-order valence-electron chi connectivity index (χ3n) is 3.40. The van der Waals surface area contributed by atoms with Crippen molar-refractivity contribution < 1.29 is 27.1 Å². The van der Waals surface area contributed by atoms with Crippen molar-refractivity contribution >= 4 is 33.3 Å². The lowest BCUT2D eigenvalue weighted by Gasteiger charge is -2.23. The minimum Gasteiger partial charge on any atom is -0.494 e. The Morgan fingerprint density at radius 2 is 1.85 bits per heavy atom. The number of carbonyl (C=O) groups excluding carboxylic acids is 1. The number of halogens is 2. The minimum absolute atomic E-state index is 0.0904. The first-order valence-electron chi connectivity index (χ1n) is 7.57. The van der Waals surface area contributed by atoms with Gasteiger partial charge in [-0.25, -0.2) is 12.8 Å². The van der Waals surface area contributed by atoms with Crippen LogP contribution in [0, 0.1) is 5.82 Å². The Morgan fingerprint density at radius 1 is 1.19 bits per heavy atom. The average molecular weight is 402 g/mol. The van der Waals surface area contributed by atoms with E-state index in [-0.39, 0.29) is 22.9 Å². The van der Waals surface area contributed by atoms with E-state index in [9.17, 15) is 17.6 Å². The van der Waals surface area contributed by atoms with Crippen LogP contribution >= 0.6 is 11.6 Å².